The van der Waals surface area contributed by atoms with Gasteiger partial charge in [0.05, 0.1) is 0 Å². The fourth-order valence-electron chi connectivity index (χ4n) is 2.78. The van der Waals surface area contributed by atoms with Crippen LogP contribution in [-0.4, -0.2) is 12.3 Å². The third kappa shape index (κ3) is 1.93. The molecule has 2 aliphatic rings. The van der Waals surface area contributed by atoms with E-state index in [1.807, 2.05) is 17.8 Å². The van der Waals surface area contributed by atoms with Crippen LogP contribution in [-0.2, 0) is 0 Å². The van der Waals surface area contributed by atoms with E-state index in [0.717, 1.165) is 11.6 Å². The minimum absolute atomic E-state index is 0.538. The van der Waals surface area contributed by atoms with Gasteiger partial charge < -0.3 is 5.32 Å². The SMILES string of the molecule is Clc1ccc2c(c1)NCC1(CCCC1)CS2. The Bertz CT molecular complexity index is 399. The van der Waals surface area contributed by atoms with Crippen molar-refractivity contribution in [3.05, 3.63) is 23.2 Å². The van der Waals surface area contributed by atoms with Crippen LogP contribution >= 0.6 is 23.4 Å². The second-order valence-electron chi connectivity index (χ2n) is 4.99. The van der Waals surface area contributed by atoms with E-state index < -0.39 is 0 Å². The molecule has 0 aromatic heterocycles. The van der Waals surface area contributed by atoms with E-state index in [2.05, 4.69) is 17.4 Å². The molecule has 1 fully saturated rings. The average Bonchev–Trinajstić information content (AvgIpc) is 2.66. The fraction of sp³-hybridized carbons (Fsp3) is 0.538. The predicted molar refractivity (Wildman–Crippen MR) is 71.6 cm³/mol. The molecule has 0 amide bonds. The fourth-order valence-corrected chi connectivity index (χ4v) is 4.25. The molecule has 1 aliphatic carbocycles. The van der Waals surface area contributed by atoms with Crippen LogP contribution < -0.4 is 5.32 Å². The van der Waals surface area contributed by atoms with E-state index in [-0.39, 0.29) is 0 Å². The number of fused-ring (bicyclic) bond motifs is 1. The van der Waals surface area contributed by atoms with Crippen molar-refractivity contribution in [2.24, 2.45) is 5.41 Å². The molecule has 1 N–H and O–H groups in total. The van der Waals surface area contributed by atoms with Crippen molar-refractivity contribution < 1.29 is 0 Å². The lowest BCUT2D eigenvalue weighted by Crippen LogP contribution is -2.27. The Morgan fingerprint density at radius 3 is 2.88 bits per heavy atom. The van der Waals surface area contributed by atoms with E-state index >= 15 is 0 Å². The molecule has 0 radical (unpaired) electrons. The van der Waals surface area contributed by atoms with E-state index in [9.17, 15) is 0 Å². The maximum Gasteiger partial charge on any atom is 0.0493 e. The van der Waals surface area contributed by atoms with Crippen LogP contribution in [0.25, 0.3) is 0 Å². The Hall–Kier alpha value is -0.340. The first-order valence-corrected chi connectivity index (χ1v) is 7.30. The molecule has 3 heteroatoms. The molecule has 1 heterocycles. The van der Waals surface area contributed by atoms with Crippen molar-refractivity contribution in [3.8, 4) is 0 Å². The van der Waals surface area contributed by atoms with Gasteiger partial charge >= 0.3 is 0 Å². The van der Waals surface area contributed by atoms with Crippen molar-refractivity contribution in [2.75, 3.05) is 17.6 Å². The zero-order valence-corrected chi connectivity index (χ0v) is 10.8. The summed E-state index contributed by atoms with van der Waals surface area (Å²) in [6, 6.07) is 6.18. The standard InChI is InChI=1S/C13H16ClNS/c14-10-3-4-12-11(7-10)15-8-13(9-16-12)5-1-2-6-13/h3-4,7,15H,1-2,5-6,8-9H2. The summed E-state index contributed by atoms with van der Waals surface area (Å²) < 4.78 is 0. The van der Waals surface area contributed by atoms with Gasteiger partial charge in [-0.15, -0.1) is 11.8 Å². The number of anilines is 1. The van der Waals surface area contributed by atoms with E-state index in [1.54, 1.807) is 0 Å². The summed E-state index contributed by atoms with van der Waals surface area (Å²) in [5.41, 5.74) is 1.76. The highest BCUT2D eigenvalue weighted by molar-refractivity contribution is 7.99. The average molecular weight is 254 g/mol. The molecule has 1 aromatic carbocycles. The van der Waals surface area contributed by atoms with Gasteiger partial charge in [0.15, 0.2) is 0 Å². The summed E-state index contributed by atoms with van der Waals surface area (Å²) in [5.74, 6) is 1.26. The molecule has 0 unspecified atom stereocenters. The van der Waals surface area contributed by atoms with Crippen LogP contribution in [0.5, 0.6) is 0 Å². The maximum absolute atomic E-state index is 6.03. The van der Waals surface area contributed by atoms with Gasteiger partial charge in [0.1, 0.15) is 0 Å². The summed E-state index contributed by atoms with van der Waals surface area (Å²) in [4.78, 5) is 1.35. The third-order valence-corrected chi connectivity index (χ3v) is 5.45. The van der Waals surface area contributed by atoms with Gasteiger partial charge in [0.2, 0.25) is 0 Å². The van der Waals surface area contributed by atoms with Crippen LogP contribution in [0.1, 0.15) is 25.7 Å². The molecule has 1 spiro atoms. The second-order valence-corrected chi connectivity index (χ2v) is 6.44. The predicted octanol–water partition coefficient (Wildman–Crippen LogP) is 4.42. The summed E-state index contributed by atoms with van der Waals surface area (Å²) >= 11 is 8.03. The Balaban J connectivity index is 1.86. The Kier molecular flexibility index (Phi) is 2.80. The molecule has 16 heavy (non-hydrogen) atoms. The lowest BCUT2D eigenvalue weighted by molar-refractivity contribution is 0.373. The highest BCUT2D eigenvalue weighted by Gasteiger charge is 2.35. The van der Waals surface area contributed by atoms with Crippen LogP contribution in [0.15, 0.2) is 23.1 Å². The molecular weight excluding hydrogens is 238 g/mol. The van der Waals surface area contributed by atoms with Crippen molar-refractivity contribution in [3.63, 3.8) is 0 Å². The van der Waals surface area contributed by atoms with Gasteiger partial charge in [-0.05, 0) is 36.5 Å². The first kappa shape index (κ1) is 10.8. The number of benzene rings is 1. The molecule has 1 aromatic rings. The highest BCUT2D eigenvalue weighted by Crippen LogP contribution is 2.46. The smallest absolute Gasteiger partial charge is 0.0493 e. The van der Waals surface area contributed by atoms with Crippen LogP contribution in [0, 0.1) is 5.41 Å². The highest BCUT2D eigenvalue weighted by atomic mass is 35.5. The minimum Gasteiger partial charge on any atom is -0.384 e. The molecule has 1 nitrogen and oxygen atoms in total. The van der Waals surface area contributed by atoms with Crippen LogP contribution in [0.3, 0.4) is 0 Å². The molecule has 1 aliphatic heterocycles. The monoisotopic (exact) mass is 253 g/mol. The molecule has 0 atom stereocenters. The Morgan fingerprint density at radius 1 is 1.25 bits per heavy atom. The molecule has 86 valence electrons. The van der Waals surface area contributed by atoms with Gasteiger partial charge in [-0.25, -0.2) is 0 Å². The number of hydrogen-bond donors (Lipinski definition) is 1. The van der Waals surface area contributed by atoms with Crippen molar-refractivity contribution in [1.82, 2.24) is 0 Å². The van der Waals surface area contributed by atoms with Crippen molar-refractivity contribution in [1.29, 1.82) is 0 Å². The number of nitrogens with one attached hydrogen (secondary N) is 1. The maximum atomic E-state index is 6.03. The number of halogens is 1. The van der Waals surface area contributed by atoms with Gasteiger partial charge in [0, 0.05) is 27.9 Å². The Labute approximate surface area is 106 Å². The summed E-state index contributed by atoms with van der Waals surface area (Å²) in [7, 11) is 0. The summed E-state index contributed by atoms with van der Waals surface area (Å²) in [6.07, 6.45) is 5.57. The van der Waals surface area contributed by atoms with E-state index in [4.69, 9.17) is 11.6 Å². The third-order valence-electron chi connectivity index (χ3n) is 3.79. The summed E-state index contributed by atoms with van der Waals surface area (Å²) in [6.45, 7) is 1.12. The van der Waals surface area contributed by atoms with E-state index in [0.29, 0.717) is 5.41 Å². The Morgan fingerprint density at radius 2 is 2.06 bits per heavy atom. The zero-order valence-electron chi connectivity index (χ0n) is 9.26. The quantitative estimate of drug-likeness (QED) is 0.735. The normalized spacial score (nSPS) is 22.6. The van der Waals surface area contributed by atoms with Crippen molar-refractivity contribution >= 4 is 29.1 Å². The number of rotatable bonds is 0. The van der Waals surface area contributed by atoms with E-state index in [1.165, 1.54) is 42.0 Å². The first-order chi connectivity index (χ1) is 7.77. The van der Waals surface area contributed by atoms with Gasteiger partial charge in [-0.3, -0.25) is 0 Å². The number of hydrogen-bond acceptors (Lipinski definition) is 2. The van der Waals surface area contributed by atoms with Gasteiger partial charge in [-0.1, -0.05) is 24.4 Å². The van der Waals surface area contributed by atoms with Gasteiger partial charge in [0.25, 0.3) is 0 Å². The topological polar surface area (TPSA) is 12.0 Å². The van der Waals surface area contributed by atoms with Crippen LogP contribution in [0.2, 0.25) is 5.02 Å². The zero-order chi connectivity index (χ0) is 11.0. The van der Waals surface area contributed by atoms with Crippen LogP contribution in [0.4, 0.5) is 5.69 Å². The molecule has 0 bridgehead atoms. The minimum atomic E-state index is 0.538. The second kappa shape index (κ2) is 4.15. The molecular formula is C13H16ClNS. The van der Waals surface area contributed by atoms with Gasteiger partial charge in [-0.2, -0.15) is 0 Å². The molecule has 0 saturated heterocycles. The first-order valence-electron chi connectivity index (χ1n) is 5.94. The lowest BCUT2D eigenvalue weighted by atomic mass is 9.88. The lowest BCUT2D eigenvalue weighted by Gasteiger charge is -2.26. The number of thioether (sulfide) groups is 1. The molecule has 3 rings (SSSR count). The molecule has 1 saturated carbocycles. The largest absolute Gasteiger partial charge is 0.384 e. The summed E-state index contributed by atoms with van der Waals surface area (Å²) in [5, 5.41) is 4.42. The van der Waals surface area contributed by atoms with Crippen molar-refractivity contribution in [2.45, 2.75) is 30.6 Å².